The van der Waals surface area contributed by atoms with Gasteiger partial charge >= 0.3 is 5.97 Å². The van der Waals surface area contributed by atoms with Crippen molar-refractivity contribution in [3.8, 4) is 28.7 Å². The summed E-state index contributed by atoms with van der Waals surface area (Å²) in [6.07, 6.45) is 0.526. The lowest BCUT2D eigenvalue weighted by molar-refractivity contribution is 0.0687. The second-order valence-corrected chi connectivity index (χ2v) is 6.76. The Hall–Kier alpha value is -3.46. The van der Waals surface area contributed by atoms with Gasteiger partial charge in [-0.3, -0.25) is 4.79 Å². The number of hydrogen-bond donors (Lipinski definition) is 2. The lowest BCUT2D eigenvalue weighted by Gasteiger charge is -2.17. The van der Waals surface area contributed by atoms with Crippen molar-refractivity contribution in [1.82, 2.24) is 5.32 Å². The van der Waals surface area contributed by atoms with Crippen LogP contribution in [0.2, 0.25) is 0 Å². The first-order valence-corrected chi connectivity index (χ1v) is 9.61. The Morgan fingerprint density at radius 1 is 1.10 bits per heavy atom. The molecule has 0 saturated heterocycles. The average molecular weight is 431 g/mol. The summed E-state index contributed by atoms with van der Waals surface area (Å²) in [7, 11) is 6.05. The molecule has 166 valence electrons. The molecule has 0 aliphatic carbocycles. The highest BCUT2D eigenvalue weighted by Crippen LogP contribution is 2.45. The van der Waals surface area contributed by atoms with Gasteiger partial charge in [-0.25, -0.2) is 4.79 Å². The van der Waals surface area contributed by atoms with Crippen LogP contribution in [0.1, 0.15) is 31.8 Å². The molecule has 0 spiro atoms. The summed E-state index contributed by atoms with van der Waals surface area (Å²) in [5.74, 6) is -0.0679. The van der Waals surface area contributed by atoms with Gasteiger partial charge in [-0.1, -0.05) is 0 Å². The number of fused-ring (bicyclic) bond motifs is 1. The second-order valence-electron chi connectivity index (χ2n) is 6.76. The number of likely N-dealkylation sites (N-methyl/N-ethyl adjacent to an activating group) is 1. The number of carboxylic acids is 1. The summed E-state index contributed by atoms with van der Waals surface area (Å²) >= 11 is 0. The number of hydrogen-bond acceptors (Lipinski definition) is 8. The fourth-order valence-electron chi connectivity index (χ4n) is 3.62. The van der Waals surface area contributed by atoms with Crippen LogP contribution in [0.5, 0.6) is 28.7 Å². The van der Waals surface area contributed by atoms with Gasteiger partial charge in [0.15, 0.2) is 28.8 Å². The number of nitrogens with one attached hydrogen (secondary N) is 1. The average Bonchev–Trinajstić information content (AvgIpc) is 3.24. The molecule has 0 aromatic heterocycles. The molecule has 0 radical (unpaired) electrons. The van der Waals surface area contributed by atoms with Crippen molar-refractivity contribution >= 4 is 11.8 Å². The number of Topliss-reactive ketones (excluding diaryl/α,β-unsaturated/α-hetero) is 1. The Balaban J connectivity index is 2.09. The molecule has 1 heterocycles. The zero-order chi connectivity index (χ0) is 22.5. The fourth-order valence-corrected chi connectivity index (χ4v) is 3.62. The SMILES string of the molecule is CNCCc1cc2c(c(OC)c1CC(=O)c1ccc(OC)c(OC)c1C(=O)O)OCO2. The van der Waals surface area contributed by atoms with Gasteiger partial charge in [0.1, 0.15) is 5.56 Å². The van der Waals surface area contributed by atoms with Gasteiger partial charge in [-0.15, -0.1) is 0 Å². The zero-order valence-electron chi connectivity index (χ0n) is 17.9. The monoisotopic (exact) mass is 431 g/mol. The van der Waals surface area contributed by atoms with Gasteiger partial charge in [-0.2, -0.15) is 0 Å². The van der Waals surface area contributed by atoms with E-state index in [-0.39, 0.29) is 35.8 Å². The van der Waals surface area contributed by atoms with Crippen molar-refractivity contribution in [2.75, 3.05) is 41.7 Å². The van der Waals surface area contributed by atoms with Crippen LogP contribution in [0, 0.1) is 0 Å². The van der Waals surface area contributed by atoms with Crippen LogP contribution in [-0.4, -0.2) is 58.6 Å². The minimum atomic E-state index is -1.29. The largest absolute Gasteiger partial charge is 0.493 e. The van der Waals surface area contributed by atoms with Crippen molar-refractivity contribution < 1.29 is 38.4 Å². The maximum Gasteiger partial charge on any atom is 0.340 e. The Labute approximate surface area is 179 Å². The predicted molar refractivity (Wildman–Crippen MR) is 111 cm³/mol. The van der Waals surface area contributed by atoms with Crippen LogP contribution >= 0.6 is 0 Å². The van der Waals surface area contributed by atoms with Gasteiger partial charge in [-0.05, 0) is 43.8 Å². The molecule has 9 heteroatoms. The highest BCUT2D eigenvalue weighted by atomic mass is 16.7. The van der Waals surface area contributed by atoms with Crippen molar-refractivity contribution in [3.63, 3.8) is 0 Å². The number of carbonyl (C=O) groups excluding carboxylic acids is 1. The van der Waals surface area contributed by atoms with E-state index in [0.29, 0.717) is 35.8 Å². The maximum atomic E-state index is 13.3. The van der Waals surface area contributed by atoms with Gasteiger partial charge in [0.25, 0.3) is 0 Å². The van der Waals surface area contributed by atoms with E-state index in [0.717, 1.165) is 5.56 Å². The quantitative estimate of drug-likeness (QED) is 0.547. The van der Waals surface area contributed by atoms with Crippen LogP contribution in [0.25, 0.3) is 0 Å². The normalized spacial score (nSPS) is 11.9. The Bertz CT molecular complexity index is 1000. The van der Waals surface area contributed by atoms with Crippen molar-refractivity contribution in [2.45, 2.75) is 12.8 Å². The van der Waals surface area contributed by atoms with Gasteiger partial charge < -0.3 is 34.1 Å². The number of ether oxygens (including phenoxy) is 5. The Morgan fingerprint density at radius 3 is 2.45 bits per heavy atom. The fraction of sp³-hybridized carbons (Fsp3) is 0.364. The van der Waals surface area contributed by atoms with E-state index in [2.05, 4.69) is 5.32 Å². The van der Waals surface area contributed by atoms with E-state index >= 15 is 0 Å². The molecule has 1 aliphatic rings. The smallest absolute Gasteiger partial charge is 0.340 e. The number of benzene rings is 2. The third-order valence-corrected chi connectivity index (χ3v) is 5.06. The van der Waals surface area contributed by atoms with Gasteiger partial charge in [0.2, 0.25) is 12.5 Å². The number of rotatable bonds is 10. The molecule has 9 nitrogen and oxygen atoms in total. The minimum Gasteiger partial charge on any atom is -0.493 e. The first-order chi connectivity index (χ1) is 15.0. The number of aromatic carboxylic acids is 1. The molecule has 0 fully saturated rings. The topological polar surface area (TPSA) is 113 Å². The maximum absolute atomic E-state index is 13.3. The van der Waals surface area contributed by atoms with E-state index < -0.39 is 11.8 Å². The molecule has 2 aromatic rings. The molecule has 1 aliphatic heterocycles. The highest BCUT2D eigenvalue weighted by molar-refractivity contribution is 6.09. The second kappa shape index (κ2) is 9.57. The van der Waals surface area contributed by atoms with Crippen LogP contribution in [0.4, 0.5) is 0 Å². The molecular formula is C22H25NO8. The predicted octanol–water partition coefficient (Wildman–Crippen LogP) is 2.33. The molecule has 0 atom stereocenters. The molecule has 0 saturated carbocycles. The van der Waals surface area contributed by atoms with Gasteiger partial charge in [0.05, 0.1) is 21.3 Å². The standard InChI is InChI=1S/C22H25NO8/c1-23-8-7-12-9-17-21(31-11-30-17)19(28-3)14(12)10-15(24)13-5-6-16(27-2)20(29-4)18(13)22(25)26/h5-6,9,23H,7-8,10-11H2,1-4H3,(H,25,26). The van der Waals surface area contributed by atoms with Crippen molar-refractivity contribution in [2.24, 2.45) is 0 Å². The summed E-state index contributed by atoms with van der Waals surface area (Å²) in [6.45, 7) is 0.730. The molecule has 0 bridgehead atoms. The summed E-state index contributed by atoms with van der Waals surface area (Å²) in [5, 5.41) is 12.8. The number of carboxylic acid groups (broad SMARTS) is 1. The summed E-state index contributed by atoms with van der Waals surface area (Å²) in [4.78, 5) is 25.3. The lowest BCUT2D eigenvalue weighted by atomic mass is 9.93. The zero-order valence-corrected chi connectivity index (χ0v) is 17.9. The van der Waals surface area contributed by atoms with Crippen LogP contribution in [0.15, 0.2) is 18.2 Å². The molecule has 2 aromatic carbocycles. The summed E-state index contributed by atoms with van der Waals surface area (Å²) in [6, 6.07) is 4.77. The molecule has 0 amide bonds. The van der Waals surface area contributed by atoms with E-state index in [1.807, 2.05) is 13.1 Å². The van der Waals surface area contributed by atoms with E-state index in [1.54, 1.807) is 0 Å². The molecule has 3 rings (SSSR count). The molecule has 2 N–H and O–H groups in total. The number of carbonyl (C=O) groups is 2. The minimum absolute atomic E-state index is 0.00564. The van der Waals surface area contributed by atoms with Crippen LogP contribution < -0.4 is 29.0 Å². The summed E-state index contributed by atoms with van der Waals surface area (Å²) in [5.41, 5.74) is 1.24. The molecule has 0 unspecified atom stereocenters. The first kappa shape index (κ1) is 22.2. The van der Waals surface area contributed by atoms with Crippen LogP contribution in [0.3, 0.4) is 0 Å². The van der Waals surface area contributed by atoms with Crippen molar-refractivity contribution in [1.29, 1.82) is 0 Å². The third-order valence-electron chi connectivity index (χ3n) is 5.06. The van der Waals surface area contributed by atoms with Crippen LogP contribution in [-0.2, 0) is 12.8 Å². The lowest BCUT2D eigenvalue weighted by Crippen LogP contribution is -2.16. The molecule has 31 heavy (non-hydrogen) atoms. The third kappa shape index (κ3) is 4.22. The molecular weight excluding hydrogens is 406 g/mol. The number of methoxy groups -OCH3 is 3. The van der Waals surface area contributed by atoms with Gasteiger partial charge in [0, 0.05) is 17.5 Å². The van der Waals surface area contributed by atoms with Crippen molar-refractivity contribution in [3.05, 3.63) is 40.5 Å². The Kier molecular flexibility index (Phi) is 6.86. The van der Waals surface area contributed by atoms with E-state index in [4.69, 9.17) is 23.7 Å². The number of ketones is 1. The first-order valence-electron chi connectivity index (χ1n) is 9.61. The van der Waals surface area contributed by atoms with E-state index in [1.165, 1.54) is 33.5 Å². The summed E-state index contributed by atoms with van der Waals surface area (Å²) < 4.78 is 27.0. The highest BCUT2D eigenvalue weighted by Gasteiger charge is 2.29. The van der Waals surface area contributed by atoms with E-state index in [9.17, 15) is 14.7 Å². The Morgan fingerprint density at radius 2 is 1.84 bits per heavy atom.